The summed E-state index contributed by atoms with van der Waals surface area (Å²) >= 11 is 0. The number of rotatable bonds is 10. The van der Waals surface area contributed by atoms with Gasteiger partial charge < -0.3 is 44.1 Å². The van der Waals surface area contributed by atoms with Crippen molar-refractivity contribution in [3.05, 3.63) is 23.8 Å². The third-order valence-corrected chi connectivity index (χ3v) is 9.87. The van der Waals surface area contributed by atoms with Gasteiger partial charge in [0, 0.05) is 38.5 Å². The van der Waals surface area contributed by atoms with Gasteiger partial charge in [-0.15, -0.1) is 0 Å². The molecule has 48 heavy (non-hydrogen) atoms. The molecule has 0 radical (unpaired) electrons. The van der Waals surface area contributed by atoms with Crippen LogP contribution in [0.15, 0.2) is 23.8 Å². The Bertz CT molecular complexity index is 1320. The van der Waals surface area contributed by atoms with Crippen molar-refractivity contribution in [3.8, 4) is 0 Å². The van der Waals surface area contributed by atoms with Gasteiger partial charge in [0.2, 0.25) is 5.60 Å². The van der Waals surface area contributed by atoms with Crippen LogP contribution in [0.1, 0.15) is 93.9 Å². The minimum Gasteiger partial charge on any atom is -0.459 e. The first-order valence-corrected chi connectivity index (χ1v) is 16.3. The smallest absolute Gasteiger partial charge is 0.354 e. The van der Waals surface area contributed by atoms with Crippen molar-refractivity contribution in [2.75, 3.05) is 0 Å². The van der Waals surface area contributed by atoms with E-state index < -0.39 is 94.6 Å². The zero-order valence-electron chi connectivity index (χ0n) is 28.9. The molecule has 14 heteroatoms. The lowest BCUT2D eigenvalue weighted by atomic mass is 9.53. The predicted molar refractivity (Wildman–Crippen MR) is 166 cm³/mol. The molecule has 0 aromatic carbocycles. The third-order valence-electron chi connectivity index (χ3n) is 9.87. The number of aliphatic hydroxyl groups excluding tert-OH is 2. The first-order chi connectivity index (χ1) is 22.2. The van der Waals surface area contributed by atoms with E-state index in [-0.39, 0.29) is 12.0 Å². The SMILES string of the molecule is CCCCCCCC(=O)OC1/C(C)=C\[C@@H]2OC(=O)[C@@](C)(OC(C)=O)[C@@]2(O)C(OC(C)=O)[C@H]2[C@](C)(O)[C@H](O)C=C[C@]2(C)[C@@H](OC(C)=O)[C@@H]1O. The highest BCUT2D eigenvalue weighted by molar-refractivity contribution is 5.87. The van der Waals surface area contributed by atoms with Crippen molar-refractivity contribution >= 4 is 29.8 Å². The second-order valence-corrected chi connectivity index (χ2v) is 13.7. The van der Waals surface area contributed by atoms with Crippen LogP contribution in [-0.4, -0.2) is 104 Å². The Morgan fingerprint density at radius 3 is 2.02 bits per heavy atom. The fourth-order valence-electron chi connectivity index (χ4n) is 7.40. The Kier molecular flexibility index (Phi) is 11.9. The van der Waals surface area contributed by atoms with E-state index in [1.807, 2.05) is 0 Å². The monoisotopic (exact) mass is 682 g/mol. The number of ether oxygens (including phenoxy) is 5. The van der Waals surface area contributed by atoms with Crippen molar-refractivity contribution in [3.63, 3.8) is 0 Å². The maximum atomic E-state index is 13.6. The predicted octanol–water partition coefficient (Wildman–Crippen LogP) is 1.73. The highest BCUT2D eigenvalue weighted by Gasteiger charge is 2.76. The first kappa shape index (κ1) is 39.1. The number of hydrogen-bond donors (Lipinski definition) is 4. The summed E-state index contributed by atoms with van der Waals surface area (Å²) in [5.74, 6) is -6.57. The highest BCUT2D eigenvalue weighted by atomic mass is 16.7. The van der Waals surface area contributed by atoms with Crippen molar-refractivity contribution in [1.82, 2.24) is 0 Å². The number of aliphatic hydroxyl groups is 4. The molecule has 3 rings (SSSR count). The number of carbonyl (C=O) groups excluding carboxylic acids is 5. The summed E-state index contributed by atoms with van der Waals surface area (Å²) in [6.45, 7) is 10.2. The molecule has 0 spiro atoms. The molecule has 4 N–H and O–H groups in total. The molecule has 1 heterocycles. The Morgan fingerprint density at radius 1 is 0.875 bits per heavy atom. The van der Waals surface area contributed by atoms with Gasteiger partial charge in [-0.25, -0.2) is 4.79 Å². The fourth-order valence-corrected chi connectivity index (χ4v) is 7.40. The van der Waals surface area contributed by atoms with Crippen LogP contribution in [0.3, 0.4) is 0 Å². The second-order valence-electron chi connectivity index (χ2n) is 13.7. The molecule has 2 unspecified atom stereocenters. The fraction of sp³-hybridized carbons (Fsp3) is 0.735. The quantitative estimate of drug-likeness (QED) is 0.112. The summed E-state index contributed by atoms with van der Waals surface area (Å²) in [5.41, 5.74) is -9.59. The summed E-state index contributed by atoms with van der Waals surface area (Å²) in [4.78, 5) is 64.5. The lowest BCUT2D eigenvalue weighted by Gasteiger charge is -2.57. The van der Waals surface area contributed by atoms with Crippen LogP contribution in [0.4, 0.5) is 0 Å². The Hall–Kier alpha value is -3.33. The maximum Gasteiger partial charge on any atom is 0.354 e. The van der Waals surface area contributed by atoms with E-state index in [0.29, 0.717) is 6.42 Å². The van der Waals surface area contributed by atoms with Crippen LogP contribution in [0.2, 0.25) is 0 Å². The van der Waals surface area contributed by atoms with Crippen LogP contribution in [0, 0.1) is 11.3 Å². The maximum absolute atomic E-state index is 13.6. The van der Waals surface area contributed by atoms with Gasteiger partial charge >= 0.3 is 29.8 Å². The van der Waals surface area contributed by atoms with Gasteiger partial charge in [-0.2, -0.15) is 0 Å². The molecule has 0 amide bonds. The van der Waals surface area contributed by atoms with Gasteiger partial charge in [0.05, 0.1) is 5.60 Å². The topological polar surface area (TPSA) is 212 Å². The summed E-state index contributed by atoms with van der Waals surface area (Å²) in [6.07, 6.45) is -2.80. The Labute approximate surface area is 280 Å². The summed E-state index contributed by atoms with van der Waals surface area (Å²) < 4.78 is 28.2. The van der Waals surface area contributed by atoms with E-state index in [9.17, 15) is 44.4 Å². The molecule has 0 aromatic heterocycles. The minimum atomic E-state index is -2.83. The average molecular weight is 683 g/mol. The van der Waals surface area contributed by atoms with Crippen molar-refractivity contribution in [2.45, 2.75) is 147 Å². The number of fused-ring (bicyclic) bond motifs is 2. The molecule has 14 nitrogen and oxygen atoms in total. The number of esters is 5. The van der Waals surface area contributed by atoms with Crippen LogP contribution in [0.25, 0.3) is 0 Å². The van der Waals surface area contributed by atoms with E-state index in [1.54, 1.807) is 0 Å². The molecule has 2 aliphatic carbocycles. The standard InChI is InChI=1S/C34H50O14/c1-9-10-11-12-13-14-24(39)47-26-18(2)17-23-34(43,33(8,30(41)46-23)48-21(5)37)29(45-20(4)36)27-31(6,16-15-22(38)32(27,7)42)28(25(26)40)44-19(3)35/h15-17,22-23,25-29,38,40,42-43H,9-14H2,1-8H3/b18-17-/t22-,23+,25-,26?,27-,28+,29?,31+,32-,33-,34+/m1/s1. The first-order valence-electron chi connectivity index (χ1n) is 16.3. The molecule has 11 atom stereocenters. The molecule has 1 aliphatic heterocycles. The Morgan fingerprint density at radius 2 is 1.46 bits per heavy atom. The molecule has 0 aromatic rings. The van der Waals surface area contributed by atoms with Crippen LogP contribution in [0.5, 0.6) is 0 Å². The normalized spacial score (nSPS) is 40.3. The lowest BCUT2D eigenvalue weighted by molar-refractivity contribution is -0.266. The molecule has 1 fully saturated rings. The third kappa shape index (κ3) is 7.17. The highest BCUT2D eigenvalue weighted by Crippen LogP contribution is 2.56. The summed E-state index contributed by atoms with van der Waals surface area (Å²) in [5, 5.41) is 47.9. The zero-order chi connectivity index (χ0) is 36.4. The molecule has 0 saturated carbocycles. The van der Waals surface area contributed by atoms with E-state index in [1.165, 1.54) is 32.9 Å². The van der Waals surface area contributed by atoms with Crippen molar-refractivity contribution in [1.29, 1.82) is 0 Å². The molecule has 3 aliphatic rings. The van der Waals surface area contributed by atoms with Crippen molar-refractivity contribution in [2.24, 2.45) is 11.3 Å². The number of unbranched alkanes of at least 4 members (excludes halogenated alkanes) is 4. The van der Waals surface area contributed by atoms with Gasteiger partial charge in [-0.1, -0.05) is 51.7 Å². The van der Waals surface area contributed by atoms with Crippen LogP contribution >= 0.6 is 0 Å². The van der Waals surface area contributed by atoms with Gasteiger partial charge in [-0.3, -0.25) is 19.2 Å². The number of hydrogen-bond acceptors (Lipinski definition) is 14. The zero-order valence-corrected chi connectivity index (χ0v) is 28.9. The number of carbonyl (C=O) groups is 5. The van der Waals surface area contributed by atoms with Crippen LogP contribution in [-0.2, 0) is 47.7 Å². The largest absolute Gasteiger partial charge is 0.459 e. The summed E-state index contributed by atoms with van der Waals surface area (Å²) in [6, 6.07) is 0. The van der Waals surface area contributed by atoms with E-state index >= 15 is 0 Å². The molecule has 0 bridgehead atoms. The van der Waals surface area contributed by atoms with Crippen molar-refractivity contribution < 1.29 is 68.1 Å². The average Bonchev–Trinajstić information content (AvgIpc) is 3.15. The molecular formula is C34H50O14. The lowest BCUT2D eigenvalue weighted by Crippen LogP contribution is -2.74. The summed E-state index contributed by atoms with van der Waals surface area (Å²) in [7, 11) is 0. The Balaban J connectivity index is 2.38. The van der Waals surface area contributed by atoms with Crippen LogP contribution < -0.4 is 0 Å². The van der Waals surface area contributed by atoms with E-state index in [4.69, 9.17) is 23.7 Å². The van der Waals surface area contributed by atoms with Gasteiger partial charge in [0.25, 0.3) is 0 Å². The van der Waals surface area contributed by atoms with Gasteiger partial charge in [0.1, 0.15) is 24.4 Å². The van der Waals surface area contributed by atoms with Gasteiger partial charge in [0.15, 0.2) is 17.8 Å². The minimum absolute atomic E-state index is 0.000542. The van der Waals surface area contributed by atoms with Gasteiger partial charge in [-0.05, 0) is 38.8 Å². The molecule has 270 valence electrons. The molecular weight excluding hydrogens is 632 g/mol. The van der Waals surface area contributed by atoms with E-state index in [0.717, 1.165) is 59.5 Å². The van der Waals surface area contributed by atoms with E-state index in [2.05, 4.69) is 6.92 Å². The molecule has 1 saturated heterocycles. The second kappa shape index (κ2) is 14.7.